The highest BCUT2D eigenvalue weighted by Crippen LogP contribution is 2.22. The van der Waals surface area contributed by atoms with E-state index in [0.717, 1.165) is 11.3 Å². The molecular weight excluding hydrogens is 272 g/mol. The van der Waals surface area contributed by atoms with Crippen molar-refractivity contribution in [3.8, 4) is 0 Å². The van der Waals surface area contributed by atoms with Crippen molar-refractivity contribution in [3.63, 3.8) is 0 Å². The van der Waals surface area contributed by atoms with Gasteiger partial charge < -0.3 is 5.73 Å². The third-order valence-corrected chi connectivity index (χ3v) is 3.85. The molecule has 0 atom stereocenters. The molecule has 1 amide bonds. The van der Waals surface area contributed by atoms with Gasteiger partial charge in [0.05, 0.1) is 5.69 Å². The van der Waals surface area contributed by atoms with Crippen LogP contribution >= 0.6 is 22.7 Å². The topological polar surface area (TPSA) is 98.0 Å². The van der Waals surface area contributed by atoms with Crippen LogP contribution in [0.4, 0.5) is 10.3 Å². The van der Waals surface area contributed by atoms with Gasteiger partial charge in [0.15, 0.2) is 16.0 Å². The molecule has 8 heteroatoms. The summed E-state index contributed by atoms with van der Waals surface area (Å²) in [5.74, 6) is -0.448. The van der Waals surface area contributed by atoms with Crippen molar-refractivity contribution in [2.24, 2.45) is 0 Å². The number of rotatable bonds is 3. The summed E-state index contributed by atoms with van der Waals surface area (Å²) in [4.78, 5) is 31.4. The average molecular weight is 282 g/mol. The van der Waals surface area contributed by atoms with Gasteiger partial charge in [-0.15, -0.1) is 11.3 Å². The van der Waals surface area contributed by atoms with E-state index in [1.165, 1.54) is 18.3 Å². The zero-order valence-electron chi connectivity index (χ0n) is 9.68. The van der Waals surface area contributed by atoms with Crippen LogP contribution in [0.2, 0.25) is 0 Å². The Bertz CT molecular complexity index is 617. The minimum atomic E-state index is -0.314. The smallest absolute Gasteiger partial charge is 0.269 e. The second kappa shape index (κ2) is 4.83. The van der Waals surface area contributed by atoms with Crippen LogP contribution in [-0.2, 0) is 0 Å². The molecular formula is C10H10N4O2S2. The number of carbonyl (C=O) groups excluding carboxylic acids is 2. The lowest BCUT2D eigenvalue weighted by atomic mass is 10.3. The molecule has 94 valence electrons. The molecule has 2 aromatic heterocycles. The highest BCUT2D eigenvalue weighted by atomic mass is 32.1. The van der Waals surface area contributed by atoms with Gasteiger partial charge in [0.1, 0.15) is 10.6 Å². The summed E-state index contributed by atoms with van der Waals surface area (Å²) in [7, 11) is 0. The number of nitrogen functional groups attached to an aromatic ring is 1. The highest BCUT2D eigenvalue weighted by Gasteiger charge is 2.16. The van der Waals surface area contributed by atoms with Crippen LogP contribution in [0.1, 0.15) is 32.8 Å². The summed E-state index contributed by atoms with van der Waals surface area (Å²) in [5, 5.41) is 4.96. The number of nitrogens with zero attached hydrogens (tertiary/aromatic N) is 2. The molecule has 0 bridgehead atoms. The first-order valence-corrected chi connectivity index (χ1v) is 6.67. The Labute approximate surface area is 111 Å². The van der Waals surface area contributed by atoms with Gasteiger partial charge in [-0.25, -0.2) is 9.97 Å². The SMILES string of the molecule is CC(=O)c1csc(NC(=O)c2sc(N)nc2C)n1. The Kier molecular flexibility index (Phi) is 3.39. The minimum absolute atomic E-state index is 0.134. The van der Waals surface area contributed by atoms with E-state index in [4.69, 9.17) is 5.73 Å². The fourth-order valence-electron chi connectivity index (χ4n) is 1.27. The van der Waals surface area contributed by atoms with Gasteiger partial charge >= 0.3 is 0 Å². The second-order valence-corrected chi connectivity index (χ2v) is 5.40. The van der Waals surface area contributed by atoms with Crippen LogP contribution in [0.15, 0.2) is 5.38 Å². The molecule has 0 aliphatic rings. The average Bonchev–Trinajstić information content (AvgIpc) is 2.85. The van der Waals surface area contributed by atoms with Crippen LogP contribution in [-0.4, -0.2) is 21.7 Å². The quantitative estimate of drug-likeness (QED) is 0.838. The first kappa shape index (κ1) is 12.7. The molecule has 0 aliphatic carbocycles. The van der Waals surface area contributed by atoms with Crippen molar-refractivity contribution >= 4 is 44.6 Å². The lowest BCUT2D eigenvalue weighted by molar-refractivity contribution is 0.100. The normalized spacial score (nSPS) is 10.3. The van der Waals surface area contributed by atoms with Crippen LogP contribution in [0, 0.1) is 6.92 Å². The second-order valence-electron chi connectivity index (χ2n) is 3.51. The van der Waals surface area contributed by atoms with E-state index >= 15 is 0 Å². The van der Waals surface area contributed by atoms with Crippen molar-refractivity contribution in [1.82, 2.24) is 9.97 Å². The lowest BCUT2D eigenvalue weighted by Crippen LogP contribution is -2.11. The molecule has 2 aromatic rings. The number of carbonyl (C=O) groups is 2. The van der Waals surface area contributed by atoms with Crippen LogP contribution in [0.5, 0.6) is 0 Å². The summed E-state index contributed by atoms with van der Waals surface area (Å²) in [6.07, 6.45) is 0. The number of nitrogens with two attached hydrogens (primary N) is 1. The lowest BCUT2D eigenvalue weighted by Gasteiger charge is -1.98. The molecule has 0 saturated heterocycles. The van der Waals surface area contributed by atoms with Crippen LogP contribution < -0.4 is 11.1 Å². The van der Waals surface area contributed by atoms with Gasteiger partial charge in [-0.3, -0.25) is 14.9 Å². The number of hydrogen-bond acceptors (Lipinski definition) is 7. The Morgan fingerprint density at radius 2 is 2.11 bits per heavy atom. The van der Waals surface area contributed by atoms with Crippen molar-refractivity contribution in [2.75, 3.05) is 11.1 Å². The number of anilines is 2. The van der Waals surface area contributed by atoms with Crippen molar-refractivity contribution in [3.05, 3.63) is 21.6 Å². The summed E-state index contributed by atoms with van der Waals surface area (Å²) < 4.78 is 0. The van der Waals surface area contributed by atoms with E-state index in [1.54, 1.807) is 12.3 Å². The maximum atomic E-state index is 11.9. The summed E-state index contributed by atoms with van der Waals surface area (Å²) in [6.45, 7) is 3.14. The maximum absolute atomic E-state index is 11.9. The highest BCUT2D eigenvalue weighted by molar-refractivity contribution is 7.17. The predicted octanol–water partition coefficient (Wildman–Crippen LogP) is 1.95. The summed E-state index contributed by atoms with van der Waals surface area (Å²) in [6, 6.07) is 0. The van der Waals surface area contributed by atoms with E-state index in [0.29, 0.717) is 26.5 Å². The van der Waals surface area contributed by atoms with Crippen molar-refractivity contribution in [2.45, 2.75) is 13.8 Å². The summed E-state index contributed by atoms with van der Waals surface area (Å²) >= 11 is 2.32. The van der Waals surface area contributed by atoms with Crippen molar-refractivity contribution in [1.29, 1.82) is 0 Å². The van der Waals surface area contributed by atoms with Crippen LogP contribution in [0.3, 0.4) is 0 Å². The maximum Gasteiger partial charge on any atom is 0.269 e. The number of aromatic nitrogens is 2. The molecule has 0 saturated carbocycles. The number of nitrogens with one attached hydrogen (secondary N) is 1. The van der Waals surface area contributed by atoms with Gasteiger partial charge in [-0.2, -0.15) is 0 Å². The monoisotopic (exact) mass is 282 g/mol. The number of Topliss-reactive ketones (excluding diaryl/α,β-unsaturated/α-hetero) is 1. The Morgan fingerprint density at radius 3 is 2.61 bits per heavy atom. The fourth-order valence-corrected chi connectivity index (χ4v) is 2.75. The van der Waals surface area contributed by atoms with Crippen LogP contribution in [0.25, 0.3) is 0 Å². The Hall–Kier alpha value is -1.80. The molecule has 0 spiro atoms. The van der Waals surface area contributed by atoms with E-state index in [1.807, 2.05) is 0 Å². The number of amides is 1. The Balaban J connectivity index is 2.16. The number of ketones is 1. The largest absolute Gasteiger partial charge is 0.375 e. The van der Waals surface area contributed by atoms with Gasteiger partial charge in [-0.1, -0.05) is 11.3 Å². The molecule has 2 heterocycles. The first-order valence-electron chi connectivity index (χ1n) is 4.98. The molecule has 0 aromatic carbocycles. The van der Waals surface area contributed by atoms with Gasteiger partial charge in [0, 0.05) is 12.3 Å². The molecule has 0 aliphatic heterocycles. The zero-order valence-corrected chi connectivity index (χ0v) is 11.3. The third-order valence-electron chi connectivity index (χ3n) is 2.10. The standard InChI is InChI=1S/C10H10N4O2S2/c1-4-7(18-9(11)12-4)8(16)14-10-13-6(3-17-10)5(2)15/h3H,1-2H3,(H2,11,12)(H,13,14,16). The van der Waals surface area contributed by atoms with E-state index in [2.05, 4.69) is 15.3 Å². The van der Waals surface area contributed by atoms with Gasteiger partial charge in [0.2, 0.25) is 0 Å². The number of thiazole rings is 2. The fraction of sp³-hybridized carbons (Fsp3) is 0.200. The van der Waals surface area contributed by atoms with Crippen molar-refractivity contribution < 1.29 is 9.59 Å². The predicted molar refractivity (Wildman–Crippen MR) is 71.3 cm³/mol. The number of aryl methyl sites for hydroxylation is 1. The first-order chi connectivity index (χ1) is 8.47. The molecule has 6 nitrogen and oxygen atoms in total. The molecule has 18 heavy (non-hydrogen) atoms. The number of hydrogen-bond donors (Lipinski definition) is 2. The zero-order chi connectivity index (χ0) is 13.3. The Morgan fingerprint density at radius 1 is 1.39 bits per heavy atom. The molecule has 2 rings (SSSR count). The van der Waals surface area contributed by atoms with Gasteiger partial charge in [-0.05, 0) is 6.92 Å². The summed E-state index contributed by atoms with van der Waals surface area (Å²) in [5.41, 5.74) is 6.45. The molecule has 3 N–H and O–H groups in total. The van der Waals surface area contributed by atoms with E-state index in [9.17, 15) is 9.59 Å². The molecule has 0 fully saturated rings. The molecule has 0 unspecified atom stereocenters. The van der Waals surface area contributed by atoms with Gasteiger partial charge in [0.25, 0.3) is 5.91 Å². The van der Waals surface area contributed by atoms with E-state index in [-0.39, 0.29) is 11.7 Å². The molecule has 0 radical (unpaired) electrons. The third kappa shape index (κ3) is 2.54. The van der Waals surface area contributed by atoms with E-state index < -0.39 is 0 Å². The minimum Gasteiger partial charge on any atom is -0.375 e.